The van der Waals surface area contributed by atoms with Crippen molar-refractivity contribution in [3.8, 4) is 11.1 Å². The van der Waals surface area contributed by atoms with E-state index >= 15 is 0 Å². The Balaban J connectivity index is 1.11. The van der Waals surface area contributed by atoms with Crippen LogP contribution in [0.25, 0.3) is 22.2 Å². The summed E-state index contributed by atoms with van der Waals surface area (Å²) in [7, 11) is 0. The Hall–Kier alpha value is -3.26. The van der Waals surface area contributed by atoms with Gasteiger partial charge in [0.2, 0.25) is 0 Å². The molecule has 2 aliphatic rings. The van der Waals surface area contributed by atoms with Crippen LogP contribution in [-0.2, 0) is 13.0 Å². The maximum atomic E-state index is 10.7. The number of aliphatic hydroxyl groups excluding tert-OH is 1. The summed E-state index contributed by atoms with van der Waals surface area (Å²) in [6, 6.07) is 19.6. The number of imidazole rings is 1. The fourth-order valence-electron chi connectivity index (χ4n) is 5.38. The van der Waals surface area contributed by atoms with E-state index in [2.05, 4.69) is 78.6 Å². The fraction of sp³-hybridized carbons (Fsp3) is 0.357. The molecule has 35 heavy (non-hydrogen) atoms. The molecule has 2 aromatic heterocycles. The summed E-state index contributed by atoms with van der Waals surface area (Å²) in [6.45, 7) is 5.05. The van der Waals surface area contributed by atoms with Crippen molar-refractivity contribution in [2.45, 2.75) is 31.5 Å². The lowest BCUT2D eigenvalue weighted by Gasteiger charge is -2.30. The minimum Gasteiger partial charge on any atom is -0.390 e. The molecular weight excluding hydrogens is 436 g/mol. The zero-order chi connectivity index (χ0) is 23.6. The molecule has 0 radical (unpaired) electrons. The first-order chi connectivity index (χ1) is 17.2. The van der Waals surface area contributed by atoms with Crippen LogP contribution < -0.4 is 10.6 Å². The molecule has 1 saturated heterocycles. The molecule has 0 spiro atoms. The molecule has 4 aromatic rings. The van der Waals surface area contributed by atoms with Gasteiger partial charge < -0.3 is 20.3 Å². The number of nitrogens with one attached hydrogen (secondary N) is 2. The van der Waals surface area contributed by atoms with Crippen LogP contribution >= 0.6 is 0 Å². The highest BCUT2D eigenvalue weighted by Crippen LogP contribution is 2.28. The highest BCUT2D eigenvalue weighted by Gasteiger charge is 2.20. The van der Waals surface area contributed by atoms with Gasteiger partial charge in [-0.15, -0.1) is 0 Å². The average Bonchev–Trinajstić information content (AvgIpc) is 3.57. The zero-order valence-corrected chi connectivity index (χ0v) is 19.9. The SMILES string of the molecule is OC(CNc1cc(-c2ccc3ncn(C4CCNC4)c3c2)ccn1)CN1CCc2ccccc2C1. The van der Waals surface area contributed by atoms with Crippen molar-refractivity contribution < 1.29 is 5.11 Å². The van der Waals surface area contributed by atoms with E-state index < -0.39 is 6.10 Å². The zero-order valence-electron chi connectivity index (χ0n) is 19.9. The Kier molecular flexibility index (Phi) is 6.21. The second-order valence-corrected chi connectivity index (χ2v) is 9.72. The molecule has 180 valence electrons. The van der Waals surface area contributed by atoms with Gasteiger partial charge in [-0.05, 0) is 65.9 Å². The Morgan fingerprint density at radius 1 is 1.06 bits per heavy atom. The van der Waals surface area contributed by atoms with E-state index in [1.54, 1.807) is 0 Å². The standard InChI is InChI=1S/C28H32N6O/c35-25(18-33-12-9-20-3-1-2-4-23(20)17-33)16-31-28-14-22(7-11-30-28)21-5-6-26-27(13-21)34(19-32-26)24-8-10-29-15-24/h1-7,11,13-14,19,24-25,29,35H,8-10,12,15-18H2,(H,30,31). The van der Waals surface area contributed by atoms with Gasteiger partial charge in [-0.1, -0.05) is 30.3 Å². The lowest BCUT2D eigenvalue weighted by molar-refractivity contribution is 0.114. The summed E-state index contributed by atoms with van der Waals surface area (Å²) in [4.78, 5) is 11.4. The van der Waals surface area contributed by atoms with Gasteiger partial charge >= 0.3 is 0 Å². The monoisotopic (exact) mass is 468 g/mol. The summed E-state index contributed by atoms with van der Waals surface area (Å²) in [6.07, 6.45) is 5.50. The normalized spacial score (nSPS) is 19.1. The maximum Gasteiger partial charge on any atom is 0.126 e. The molecule has 7 heteroatoms. The molecule has 1 fully saturated rings. The number of hydrogen-bond acceptors (Lipinski definition) is 6. The Labute approximate surface area is 205 Å². The van der Waals surface area contributed by atoms with Gasteiger partial charge in [0, 0.05) is 45.0 Å². The minimum absolute atomic E-state index is 0.458. The van der Waals surface area contributed by atoms with Gasteiger partial charge in [0.25, 0.3) is 0 Å². The summed E-state index contributed by atoms with van der Waals surface area (Å²) >= 11 is 0. The predicted molar refractivity (Wildman–Crippen MR) is 139 cm³/mol. The van der Waals surface area contributed by atoms with Gasteiger partial charge in [-0.2, -0.15) is 0 Å². The molecule has 7 nitrogen and oxygen atoms in total. The molecule has 3 N–H and O–H groups in total. The van der Waals surface area contributed by atoms with Crippen molar-refractivity contribution in [1.29, 1.82) is 0 Å². The Morgan fingerprint density at radius 3 is 2.83 bits per heavy atom. The van der Waals surface area contributed by atoms with E-state index in [9.17, 15) is 5.11 Å². The number of aliphatic hydroxyl groups is 1. The van der Waals surface area contributed by atoms with E-state index in [1.807, 2.05) is 18.6 Å². The molecule has 2 unspecified atom stereocenters. The predicted octanol–water partition coefficient (Wildman–Crippen LogP) is 3.46. The summed E-state index contributed by atoms with van der Waals surface area (Å²) < 4.78 is 2.30. The van der Waals surface area contributed by atoms with Gasteiger partial charge in [-0.3, -0.25) is 4.90 Å². The highest BCUT2D eigenvalue weighted by molar-refractivity contribution is 5.82. The maximum absolute atomic E-state index is 10.7. The summed E-state index contributed by atoms with van der Waals surface area (Å²) in [5.74, 6) is 0.777. The molecule has 2 atom stereocenters. The van der Waals surface area contributed by atoms with Gasteiger partial charge in [0.05, 0.1) is 23.5 Å². The quantitative estimate of drug-likeness (QED) is 0.386. The van der Waals surface area contributed by atoms with Crippen molar-refractivity contribution in [2.24, 2.45) is 0 Å². The molecular formula is C28H32N6O. The number of nitrogens with zero attached hydrogens (tertiary/aromatic N) is 4. The highest BCUT2D eigenvalue weighted by atomic mass is 16.3. The molecule has 2 aliphatic heterocycles. The van der Waals surface area contributed by atoms with Crippen molar-refractivity contribution in [2.75, 3.05) is 38.0 Å². The molecule has 4 heterocycles. The topological polar surface area (TPSA) is 78.2 Å². The van der Waals surface area contributed by atoms with E-state index in [-0.39, 0.29) is 0 Å². The molecule has 0 aliphatic carbocycles. The van der Waals surface area contributed by atoms with E-state index in [0.717, 1.165) is 61.5 Å². The van der Waals surface area contributed by atoms with Crippen molar-refractivity contribution >= 4 is 16.9 Å². The molecule has 0 amide bonds. The first-order valence-electron chi connectivity index (χ1n) is 12.6. The third-order valence-corrected chi connectivity index (χ3v) is 7.29. The number of fused-ring (bicyclic) bond motifs is 2. The van der Waals surface area contributed by atoms with Crippen molar-refractivity contribution in [1.82, 2.24) is 24.8 Å². The van der Waals surface area contributed by atoms with Gasteiger partial charge in [0.15, 0.2) is 0 Å². The average molecular weight is 469 g/mol. The Bertz CT molecular complexity index is 1310. The van der Waals surface area contributed by atoms with Crippen LogP contribution in [0.2, 0.25) is 0 Å². The van der Waals surface area contributed by atoms with Crippen LogP contribution in [0.4, 0.5) is 5.82 Å². The van der Waals surface area contributed by atoms with Crippen LogP contribution in [-0.4, -0.2) is 63.4 Å². The summed E-state index contributed by atoms with van der Waals surface area (Å²) in [5, 5.41) is 17.5. The smallest absolute Gasteiger partial charge is 0.126 e. The lowest BCUT2D eigenvalue weighted by atomic mass is 10.00. The summed E-state index contributed by atoms with van der Waals surface area (Å²) in [5.41, 5.74) is 7.24. The van der Waals surface area contributed by atoms with E-state index in [4.69, 9.17) is 0 Å². The largest absolute Gasteiger partial charge is 0.390 e. The first kappa shape index (κ1) is 22.2. The van der Waals surface area contributed by atoms with Crippen LogP contribution in [0.5, 0.6) is 0 Å². The van der Waals surface area contributed by atoms with E-state index in [1.165, 1.54) is 16.6 Å². The number of β-amino-alcohol motifs (C(OH)–C–C–N with tert-alkyl or cyclic N) is 1. The van der Waals surface area contributed by atoms with Crippen LogP contribution in [0.1, 0.15) is 23.6 Å². The second kappa shape index (κ2) is 9.77. The number of hydrogen-bond donors (Lipinski definition) is 3. The van der Waals surface area contributed by atoms with Crippen LogP contribution in [0, 0.1) is 0 Å². The number of rotatable bonds is 7. The van der Waals surface area contributed by atoms with Gasteiger partial charge in [0.1, 0.15) is 5.82 Å². The third-order valence-electron chi connectivity index (χ3n) is 7.29. The third kappa shape index (κ3) is 4.80. The minimum atomic E-state index is -0.462. The molecule has 0 bridgehead atoms. The molecule has 2 aromatic carbocycles. The number of benzene rings is 2. The second-order valence-electron chi connectivity index (χ2n) is 9.72. The number of aromatic nitrogens is 3. The lowest BCUT2D eigenvalue weighted by Crippen LogP contribution is -2.39. The Morgan fingerprint density at radius 2 is 1.94 bits per heavy atom. The van der Waals surface area contributed by atoms with Crippen LogP contribution in [0.3, 0.4) is 0 Å². The number of pyridine rings is 1. The van der Waals surface area contributed by atoms with Crippen molar-refractivity contribution in [3.63, 3.8) is 0 Å². The molecule has 6 rings (SSSR count). The molecule has 0 saturated carbocycles. The van der Waals surface area contributed by atoms with Gasteiger partial charge in [-0.25, -0.2) is 9.97 Å². The fourth-order valence-corrected chi connectivity index (χ4v) is 5.38. The van der Waals surface area contributed by atoms with E-state index in [0.29, 0.717) is 19.1 Å². The van der Waals surface area contributed by atoms with Crippen molar-refractivity contribution in [3.05, 3.63) is 78.2 Å². The first-order valence-corrected chi connectivity index (χ1v) is 12.6. The number of anilines is 1. The van der Waals surface area contributed by atoms with Crippen LogP contribution in [0.15, 0.2) is 67.1 Å².